The lowest BCUT2D eigenvalue weighted by Gasteiger charge is -2.28. The van der Waals surface area contributed by atoms with Crippen molar-refractivity contribution < 1.29 is 67.3 Å². The number of benzene rings is 2. The highest BCUT2D eigenvalue weighted by Crippen LogP contribution is 2.49. The molecule has 0 spiro atoms. The van der Waals surface area contributed by atoms with Gasteiger partial charge in [-0.3, -0.25) is 19.2 Å². The molecule has 2 aromatic carbocycles. The van der Waals surface area contributed by atoms with Gasteiger partial charge in [-0.2, -0.15) is 0 Å². The normalized spacial score (nSPS) is 16.5. The van der Waals surface area contributed by atoms with Crippen molar-refractivity contribution in [3.63, 3.8) is 0 Å². The van der Waals surface area contributed by atoms with Gasteiger partial charge in [0.05, 0.1) is 52.4 Å². The average Bonchev–Trinajstić information content (AvgIpc) is 3.71. The van der Waals surface area contributed by atoms with Gasteiger partial charge in [0.25, 0.3) is 0 Å². The molecular weight excluding hydrogens is 584 g/mol. The molecule has 0 saturated heterocycles. The summed E-state index contributed by atoms with van der Waals surface area (Å²) in [5, 5.41) is 22.6. The molecule has 1 aliphatic carbocycles. The zero-order valence-corrected chi connectivity index (χ0v) is 24.1. The third-order valence-corrected chi connectivity index (χ3v) is 7.49. The molecule has 0 bridgehead atoms. The van der Waals surface area contributed by atoms with Crippen molar-refractivity contribution in [2.24, 2.45) is 0 Å². The van der Waals surface area contributed by atoms with Gasteiger partial charge >= 0.3 is 11.9 Å². The van der Waals surface area contributed by atoms with Crippen LogP contribution >= 0.6 is 0 Å². The second-order valence-electron chi connectivity index (χ2n) is 9.76. The number of hydrogen-bond donors (Lipinski definition) is 2. The van der Waals surface area contributed by atoms with Crippen molar-refractivity contribution in [1.82, 2.24) is 0 Å². The van der Waals surface area contributed by atoms with Crippen LogP contribution in [0.2, 0.25) is 0 Å². The maximum absolute atomic E-state index is 13.9. The number of carbonyl (C=O) groups excluding carboxylic acids is 4. The van der Waals surface area contributed by atoms with Gasteiger partial charge in [0.1, 0.15) is 0 Å². The Morgan fingerprint density at radius 1 is 0.682 bits per heavy atom. The van der Waals surface area contributed by atoms with Crippen molar-refractivity contribution in [2.75, 3.05) is 42.0 Å². The molecule has 44 heavy (non-hydrogen) atoms. The molecule has 0 fully saturated rings. The van der Waals surface area contributed by atoms with E-state index < -0.39 is 70.8 Å². The fourth-order valence-electron chi connectivity index (χ4n) is 5.34. The first-order valence-corrected chi connectivity index (χ1v) is 13.2. The van der Waals surface area contributed by atoms with E-state index in [1.165, 1.54) is 38.5 Å². The Morgan fingerprint density at radius 3 is 1.41 bits per heavy atom. The number of aliphatic hydroxyl groups excluding tert-OH is 2. The number of allylic oxidation sites excluding steroid dienone is 2. The van der Waals surface area contributed by atoms with Gasteiger partial charge < -0.3 is 48.1 Å². The number of rotatable bonds is 10. The molecule has 14 nitrogen and oxygen atoms in total. The SMILES string of the molecule is COC(=O)C[C@@H](C1=C(O)C(=O)C([C@H](CC(=O)OC)c2cc(OC)c3c(c2)OCO3)=C(O)C1=O)c1cc(OC)c2c(c1)OCO2. The summed E-state index contributed by atoms with van der Waals surface area (Å²) < 4.78 is 42.1. The molecule has 0 unspecified atom stereocenters. The minimum atomic E-state index is -1.30. The predicted molar refractivity (Wildman–Crippen MR) is 146 cm³/mol. The lowest BCUT2D eigenvalue weighted by molar-refractivity contribution is -0.142. The smallest absolute Gasteiger partial charge is 0.306 e. The summed E-state index contributed by atoms with van der Waals surface area (Å²) >= 11 is 0. The summed E-state index contributed by atoms with van der Waals surface area (Å²) in [5.41, 5.74) is -0.686. The second kappa shape index (κ2) is 12.1. The van der Waals surface area contributed by atoms with Crippen LogP contribution in [0.25, 0.3) is 0 Å². The lowest BCUT2D eigenvalue weighted by atomic mass is 9.75. The van der Waals surface area contributed by atoms with E-state index in [1.807, 2.05) is 0 Å². The van der Waals surface area contributed by atoms with Crippen LogP contribution in [-0.2, 0) is 28.7 Å². The molecule has 2 atom stereocenters. The Balaban J connectivity index is 1.63. The Hall–Kier alpha value is -5.40. The summed E-state index contributed by atoms with van der Waals surface area (Å²) in [6.07, 6.45) is -1.02. The number of methoxy groups -OCH3 is 4. The average molecular weight is 613 g/mol. The molecule has 2 aromatic rings. The fraction of sp³-hybridized carbons (Fsp3) is 0.333. The molecule has 14 heteroatoms. The van der Waals surface area contributed by atoms with Crippen molar-refractivity contribution in [3.05, 3.63) is 58.1 Å². The first kappa shape index (κ1) is 30.1. The van der Waals surface area contributed by atoms with E-state index in [0.29, 0.717) is 0 Å². The van der Waals surface area contributed by atoms with E-state index in [1.54, 1.807) is 0 Å². The summed E-state index contributed by atoms with van der Waals surface area (Å²) in [6, 6.07) is 5.83. The minimum Gasteiger partial charge on any atom is -0.504 e. The van der Waals surface area contributed by atoms with E-state index >= 15 is 0 Å². The molecule has 2 aliphatic heterocycles. The first-order chi connectivity index (χ1) is 21.1. The van der Waals surface area contributed by atoms with Crippen LogP contribution in [0.15, 0.2) is 46.9 Å². The van der Waals surface area contributed by atoms with Crippen LogP contribution in [-0.4, -0.2) is 75.7 Å². The van der Waals surface area contributed by atoms with Crippen LogP contribution in [0.4, 0.5) is 0 Å². The molecule has 232 valence electrons. The van der Waals surface area contributed by atoms with Crippen LogP contribution < -0.4 is 28.4 Å². The molecule has 0 saturated carbocycles. The third kappa shape index (κ3) is 5.18. The fourth-order valence-corrected chi connectivity index (χ4v) is 5.34. The van der Waals surface area contributed by atoms with Gasteiger partial charge in [0, 0.05) is 11.8 Å². The summed E-state index contributed by atoms with van der Waals surface area (Å²) in [5.74, 6) is -7.06. The van der Waals surface area contributed by atoms with Gasteiger partial charge in [0.2, 0.25) is 36.7 Å². The summed E-state index contributed by atoms with van der Waals surface area (Å²) in [4.78, 5) is 52.7. The molecule has 3 aliphatic rings. The van der Waals surface area contributed by atoms with E-state index in [2.05, 4.69) is 0 Å². The topological polar surface area (TPSA) is 183 Å². The van der Waals surface area contributed by atoms with Crippen molar-refractivity contribution >= 4 is 23.5 Å². The van der Waals surface area contributed by atoms with Crippen LogP contribution in [0.1, 0.15) is 35.8 Å². The summed E-state index contributed by atoms with van der Waals surface area (Å²) in [7, 11) is 5.01. The van der Waals surface area contributed by atoms with Gasteiger partial charge in [-0.1, -0.05) is 0 Å². The number of ketones is 2. The van der Waals surface area contributed by atoms with Gasteiger partial charge in [-0.05, 0) is 35.4 Å². The highest BCUT2D eigenvalue weighted by atomic mass is 16.7. The van der Waals surface area contributed by atoms with Gasteiger partial charge in [0.15, 0.2) is 34.5 Å². The molecule has 5 rings (SSSR count). The minimum absolute atomic E-state index is 0.110. The highest BCUT2D eigenvalue weighted by Gasteiger charge is 2.44. The van der Waals surface area contributed by atoms with E-state index in [9.17, 15) is 29.4 Å². The number of fused-ring (bicyclic) bond motifs is 2. The Morgan fingerprint density at radius 2 is 1.07 bits per heavy atom. The quantitative estimate of drug-likeness (QED) is 0.295. The van der Waals surface area contributed by atoms with Crippen LogP contribution in [0, 0.1) is 0 Å². The number of carbonyl (C=O) groups is 4. The maximum atomic E-state index is 13.9. The number of Topliss-reactive ketones (excluding diaryl/α,β-unsaturated/α-hetero) is 2. The standard InChI is InChI=1S/C30H28O14/c1-37-17-5-13(7-19-29(17)43-11-41-19)15(9-21(31)39-3)23-25(33)27(35)24(28(36)26(23)34)16(10-22(32)40-4)14-6-18(38-2)30-20(8-14)42-12-44-30/h5-8,15-16,33,36H,9-12H2,1-4H3/t15-,16-/m1/s1. The van der Waals surface area contributed by atoms with E-state index in [0.717, 1.165) is 14.2 Å². The van der Waals surface area contributed by atoms with E-state index in [4.69, 9.17) is 37.9 Å². The molecular formula is C30H28O14. The zero-order chi connectivity index (χ0) is 31.7. The van der Waals surface area contributed by atoms with Crippen molar-refractivity contribution in [3.8, 4) is 34.5 Å². The van der Waals surface area contributed by atoms with Crippen LogP contribution in [0.5, 0.6) is 34.5 Å². The number of hydrogen-bond acceptors (Lipinski definition) is 14. The highest BCUT2D eigenvalue weighted by molar-refractivity contribution is 6.24. The predicted octanol–water partition coefficient (Wildman–Crippen LogP) is 2.93. The van der Waals surface area contributed by atoms with Crippen LogP contribution in [0.3, 0.4) is 0 Å². The first-order valence-electron chi connectivity index (χ1n) is 13.2. The zero-order valence-electron chi connectivity index (χ0n) is 24.1. The maximum Gasteiger partial charge on any atom is 0.306 e. The largest absolute Gasteiger partial charge is 0.504 e. The molecule has 0 amide bonds. The molecule has 0 radical (unpaired) electrons. The number of ether oxygens (including phenoxy) is 8. The molecule has 2 heterocycles. The number of esters is 2. The molecule has 2 N–H and O–H groups in total. The second-order valence-corrected chi connectivity index (χ2v) is 9.76. The Kier molecular flexibility index (Phi) is 8.25. The third-order valence-electron chi connectivity index (χ3n) is 7.49. The van der Waals surface area contributed by atoms with E-state index in [-0.39, 0.29) is 59.2 Å². The summed E-state index contributed by atoms with van der Waals surface area (Å²) in [6.45, 7) is -0.220. The number of aliphatic hydroxyl groups is 2. The Bertz CT molecular complexity index is 1500. The van der Waals surface area contributed by atoms with Gasteiger partial charge in [-0.25, -0.2) is 0 Å². The molecule has 0 aromatic heterocycles. The lowest BCUT2D eigenvalue weighted by Crippen LogP contribution is -2.31. The van der Waals surface area contributed by atoms with Crippen molar-refractivity contribution in [2.45, 2.75) is 24.7 Å². The monoisotopic (exact) mass is 612 g/mol. The van der Waals surface area contributed by atoms with Crippen molar-refractivity contribution in [1.29, 1.82) is 0 Å². The van der Waals surface area contributed by atoms with Gasteiger partial charge in [-0.15, -0.1) is 0 Å². The Labute approximate surface area is 250 Å².